The summed E-state index contributed by atoms with van der Waals surface area (Å²) >= 11 is 0. The number of esters is 1. The SMILES string of the molecule is COC(=O)[C@H](C)N(c1c(C)noc1C=O)c1c(C)ccc2ccccc12. The summed E-state index contributed by atoms with van der Waals surface area (Å²) in [6.45, 7) is 5.43. The molecule has 0 saturated carbocycles. The van der Waals surface area contributed by atoms with Crippen molar-refractivity contribution < 1.29 is 18.8 Å². The first-order chi connectivity index (χ1) is 12.5. The van der Waals surface area contributed by atoms with E-state index in [1.165, 1.54) is 7.11 Å². The monoisotopic (exact) mass is 352 g/mol. The van der Waals surface area contributed by atoms with E-state index in [1.807, 2.05) is 43.3 Å². The molecule has 0 fully saturated rings. The Bertz CT molecular complexity index is 977. The Balaban J connectivity index is 2.36. The van der Waals surface area contributed by atoms with Crippen molar-refractivity contribution >= 4 is 34.4 Å². The Morgan fingerprint density at radius 3 is 2.62 bits per heavy atom. The van der Waals surface area contributed by atoms with E-state index in [0.717, 1.165) is 22.0 Å². The lowest BCUT2D eigenvalue weighted by Crippen LogP contribution is -2.37. The zero-order chi connectivity index (χ0) is 18.8. The molecule has 1 heterocycles. The van der Waals surface area contributed by atoms with E-state index in [9.17, 15) is 9.59 Å². The molecule has 0 unspecified atom stereocenters. The molecule has 3 aromatic rings. The van der Waals surface area contributed by atoms with Crippen molar-refractivity contribution in [2.24, 2.45) is 0 Å². The van der Waals surface area contributed by atoms with Gasteiger partial charge in [0.1, 0.15) is 17.4 Å². The number of hydrogen-bond donors (Lipinski definition) is 0. The van der Waals surface area contributed by atoms with Gasteiger partial charge in [-0.15, -0.1) is 0 Å². The van der Waals surface area contributed by atoms with Crippen molar-refractivity contribution in [1.82, 2.24) is 5.16 Å². The standard InChI is InChI=1S/C20H20N2O4/c1-12-9-10-15-7-5-6-8-16(15)18(12)22(14(3)20(24)25-4)19-13(2)21-26-17(19)11-23/h5-11,14H,1-4H3/t14-/m0/s1. The molecule has 26 heavy (non-hydrogen) atoms. The minimum atomic E-state index is -0.679. The van der Waals surface area contributed by atoms with Crippen LogP contribution in [-0.4, -0.2) is 30.6 Å². The number of aromatic nitrogens is 1. The van der Waals surface area contributed by atoms with E-state index < -0.39 is 12.0 Å². The van der Waals surface area contributed by atoms with Crippen LogP contribution < -0.4 is 4.90 Å². The summed E-state index contributed by atoms with van der Waals surface area (Å²) in [5.41, 5.74) is 2.76. The molecule has 0 aliphatic heterocycles. The number of methoxy groups -OCH3 is 1. The molecule has 2 aromatic carbocycles. The molecule has 6 heteroatoms. The van der Waals surface area contributed by atoms with E-state index in [-0.39, 0.29) is 5.76 Å². The lowest BCUT2D eigenvalue weighted by atomic mass is 10.0. The highest BCUT2D eigenvalue weighted by molar-refractivity contribution is 6.01. The number of nitrogens with zero attached hydrogens (tertiary/aromatic N) is 2. The molecule has 0 aliphatic carbocycles. The van der Waals surface area contributed by atoms with Gasteiger partial charge in [0.25, 0.3) is 0 Å². The van der Waals surface area contributed by atoms with Crippen molar-refractivity contribution in [3.8, 4) is 0 Å². The minimum Gasteiger partial charge on any atom is -0.467 e. The Labute approximate surface area is 151 Å². The van der Waals surface area contributed by atoms with E-state index in [1.54, 1.807) is 18.7 Å². The summed E-state index contributed by atoms with van der Waals surface area (Å²) in [6, 6.07) is 11.2. The van der Waals surface area contributed by atoms with Gasteiger partial charge in [-0.3, -0.25) is 4.79 Å². The maximum absolute atomic E-state index is 12.4. The molecule has 0 N–H and O–H groups in total. The van der Waals surface area contributed by atoms with Gasteiger partial charge in [-0.1, -0.05) is 41.6 Å². The summed E-state index contributed by atoms with van der Waals surface area (Å²) in [5, 5.41) is 5.89. The van der Waals surface area contributed by atoms with Crippen LogP contribution in [0.4, 0.5) is 11.4 Å². The predicted octanol–water partition coefficient (Wildman–Crippen LogP) is 3.96. The molecule has 1 atom stereocenters. The summed E-state index contributed by atoms with van der Waals surface area (Å²) in [7, 11) is 1.34. The van der Waals surface area contributed by atoms with E-state index in [4.69, 9.17) is 9.26 Å². The molecule has 0 saturated heterocycles. The fourth-order valence-corrected chi connectivity index (χ4v) is 3.21. The highest BCUT2D eigenvalue weighted by atomic mass is 16.5. The largest absolute Gasteiger partial charge is 0.467 e. The molecule has 1 aromatic heterocycles. The molecule has 134 valence electrons. The van der Waals surface area contributed by atoms with Crippen LogP contribution in [0.3, 0.4) is 0 Å². The number of benzene rings is 2. The minimum absolute atomic E-state index is 0.0746. The topological polar surface area (TPSA) is 72.6 Å². The maximum atomic E-state index is 12.4. The van der Waals surface area contributed by atoms with Crippen molar-refractivity contribution in [2.75, 3.05) is 12.0 Å². The second-order valence-electron chi connectivity index (χ2n) is 6.12. The number of fused-ring (bicyclic) bond motifs is 1. The smallest absolute Gasteiger partial charge is 0.328 e. The first-order valence-electron chi connectivity index (χ1n) is 8.26. The third-order valence-corrected chi connectivity index (χ3v) is 4.48. The van der Waals surface area contributed by atoms with Crippen LogP contribution in [0.1, 0.15) is 28.7 Å². The van der Waals surface area contributed by atoms with Crippen molar-refractivity contribution in [1.29, 1.82) is 0 Å². The number of aldehydes is 1. The highest BCUT2D eigenvalue weighted by Crippen LogP contribution is 2.39. The summed E-state index contributed by atoms with van der Waals surface area (Å²) < 4.78 is 10.1. The van der Waals surface area contributed by atoms with Crippen LogP contribution in [0.5, 0.6) is 0 Å². The van der Waals surface area contributed by atoms with Crippen LogP contribution in [-0.2, 0) is 9.53 Å². The van der Waals surface area contributed by atoms with E-state index in [2.05, 4.69) is 5.16 Å². The Morgan fingerprint density at radius 2 is 1.92 bits per heavy atom. The van der Waals surface area contributed by atoms with Crippen LogP contribution in [0.15, 0.2) is 40.9 Å². The molecule has 0 bridgehead atoms. The normalized spacial score (nSPS) is 12.0. The molecule has 0 radical (unpaired) electrons. The summed E-state index contributed by atoms with van der Waals surface area (Å²) in [6.07, 6.45) is 0.604. The number of aryl methyl sites for hydroxylation is 2. The van der Waals surface area contributed by atoms with Crippen molar-refractivity contribution in [3.05, 3.63) is 53.4 Å². The second-order valence-corrected chi connectivity index (χ2v) is 6.12. The third-order valence-electron chi connectivity index (χ3n) is 4.48. The van der Waals surface area contributed by atoms with Gasteiger partial charge in [0.2, 0.25) is 5.76 Å². The van der Waals surface area contributed by atoms with E-state index in [0.29, 0.717) is 17.7 Å². The van der Waals surface area contributed by atoms with E-state index >= 15 is 0 Å². The fourth-order valence-electron chi connectivity index (χ4n) is 3.21. The van der Waals surface area contributed by atoms with Gasteiger partial charge in [-0.05, 0) is 31.7 Å². The van der Waals surface area contributed by atoms with Gasteiger partial charge >= 0.3 is 5.97 Å². The first-order valence-corrected chi connectivity index (χ1v) is 8.26. The fraction of sp³-hybridized carbons (Fsp3) is 0.250. The van der Waals surface area contributed by atoms with Crippen molar-refractivity contribution in [3.63, 3.8) is 0 Å². The summed E-state index contributed by atoms with van der Waals surface area (Å²) in [4.78, 5) is 25.7. The van der Waals surface area contributed by atoms with Gasteiger partial charge in [-0.25, -0.2) is 4.79 Å². The zero-order valence-corrected chi connectivity index (χ0v) is 15.1. The van der Waals surface area contributed by atoms with Gasteiger partial charge < -0.3 is 14.2 Å². The van der Waals surface area contributed by atoms with Crippen LogP contribution in [0.25, 0.3) is 10.8 Å². The van der Waals surface area contributed by atoms with Gasteiger partial charge in [0, 0.05) is 5.39 Å². The molecule has 0 amide bonds. The van der Waals surface area contributed by atoms with Gasteiger partial charge in [0.05, 0.1) is 12.8 Å². The lowest BCUT2D eigenvalue weighted by molar-refractivity contribution is -0.141. The lowest BCUT2D eigenvalue weighted by Gasteiger charge is -2.31. The maximum Gasteiger partial charge on any atom is 0.328 e. The van der Waals surface area contributed by atoms with Crippen LogP contribution in [0, 0.1) is 13.8 Å². The summed E-state index contributed by atoms with van der Waals surface area (Å²) in [5.74, 6) is -0.347. The van der Waals surface area contributed by atoms with Gasteiger partial charge in [0.15, 0.2) is 6.29 Å². The molecule has 3 rings (SSSR count). The number of ether oxygens (including phenoxy) is 1. The molecule has 0 aliphatic rings. The number of rotatable bonds is 5. The highest BCUT2D eigenvalue weighted by Gasteiger charge is 2.31. The van der Waals surface area contributed by atoms with Crippen molar-refractivity contribution in [2.45, 2.75) is 26.8 Å². The Hall–Kier alpha value is -3.15. The quantitative estimate of drug-likeness (QED) is 0.511. The molecule has 6 nitrogen and oxygen atoms in total. The number of hydrogen-bond acceptors (Lipinski definition) is 6. The number of carbonyl (C=O) groups excluding carboxylic acids is 2. The van der Waals surface area contributed by atoms with Crippen LogP contribution >= 0.6 is 0 Å². The average Bonchev–Trinajstić information content (AvgIpc) is 3.03. The Kier molecular flexibility index (Phi) is 4.75. The Morgan fingerprint density at radius 1 is 1.19 bits per heavy atom. The third kappa shape index (κ3) is 2.83. The first kappa shape index (κ1) is 17.7. The molecular formula is C20H20N2O4. The average molecular weight is 352 g/mol. The zero-order valence-electron chi connectivity index (χ0n) is 15.1. The number of anilines is 2. The van der Waals surface area contributed by atoms with Gasteiger partial charge in [-0.2, -0.15) is 0 Å². The second kappa shape index (κ2) is 7.00. The predicted molar refractivity (Wildman–Crippen MR) is 98.9 cm³/mol. The number of carbonyl (C=O) groups is 2. The van der Waals surface area contributed by atoms with Crippen LogP contribution in [0.2, 0.25) is 0 Å². The molecular weight excluding hydrogens is 332 g/mol. The molecule has 0 spiro atoms.